The van der Waals surface area contributed by atoms with E-state index >= 15 is 0 Å². The van der Waals surface area contributed by atoms with Crippen LogP contribution in [0, 0.1) is 6.92 Å². The Kier molecular flexibility index (Phi) is 4.33. The topological polar surface area (TPSA) is 66.0 Å². The Hall–Kier alpha value is -2.44. The standard InChI is InChI=1S/C21H21ClN4O2/c1-12-7-16(28-25-12)10-20-24-19-11-23-18-4-3-14(22)9-17(18)21(19)26(20)15-5-6-27-13(2)8-15/h3-4,7,9,11,13,15H,5-6,8,10H2,1-2H3/t13-,15?/m1/s1. The van der Waals surface area contributed by atoms with Gasteiger partial charge in [0.15, 0.2) is 0 Å². The minimum atomic E-state index is 0.216. The Morgan fingerprint density at radius 1 is 1.25 bits per heavy atom. The number of benzene rings is 1. The maximum atomic E-state index is 6.32. The van der Waals surface area contributed by atoms with Crippen LogP contribution in [-0.4, -0.2) is 32.4 Å². The van der Waals surface area contributed by atoms with Crippen LogP contribution in [0.1, 0.15) is 43.1 Å². The number of ether oxygens (including phenoxy) is 1. The van der Waals surface area contributed by atoms with E-state index in [0.717, 1.165) is 58.7 Å². The predicted octanol–water partition coefficient (Wildman–Crippen LogP) is 4.87. The Labute approximate surface area is 167 Å². The number of hydrogen-bond acceptors (Lipinski definition) is 5. The zero-order valence-electron chi connectivity index (χ0n) is 15.9. The highest BCUT2D eigenvalue weighted by molar-refractivity contribution is 6.31. The lowest BCUT2D eigenvalue weighted by atomic mass is 10.0. The summed E-state index contributed by atoms with van der Waals surface area (Å²) in [4.78, 5) is 9.51. The van der Waals surface area contributed by atoms with Crippen molar-refractivity contribution in [3.05, 3.63) is 52.8 Å². The highest BCUT2D eigenvalue weighted by atomic mass is 35.5. The average molecular weight is 397 g/mol. The first kappa shape index (κ1) is 17.6. The molecule has 7 heteroatoms. The van der Waals surface area contributed by atoms with Crippen LogP contribution in [0.5, 0.6) is 0 Å². The zero-order chi connectivity index (χ0) is 19.3. The second kappa shape index (κ2) is 6.87. The smallest absolute Gasteiger partial charge is 0.144 e. The molecule has 144 valence electrons. The summed E-state index contributed by atoms with van der Waals surface area (Å²) < 4.78 is 13.6. The molecular weight excluding hydrogens is 376 g/mol. The van der Waals surface area contributed by atoms with Gasteiger partial charge in [-0.2, -0.15) is 0 Å². The maximum absolute atomic E-state index is 6.32. The molecule has 0 saturated carbocycles. The molecule has 1 fully saturated rings. The summed E-state index contributed by atoms with van der Waals surface area (Å²) >= 11 is 6.32. The molecule has 1 aliphatic rings. The number of nitrogens with zero attached hydrogens (tertiary/aromatic N) is 4. The average Bonchev–Trinajstić information content (AvgIpc) is 3.25. The number of rotatable bonds is 3. The van der Waals surface area contributed by atoms with E-state index in [-0.39, 0.29) is 6.10 Å². The van der Waals surface area contributed by atoms with Gasteiger partial charge >= 0.3 is 0 Å². The molecule has 1 saturated heterocycles. The van der Waals surface area contributed by atoms with Gasteiger partial charge in [0.2, 0.25) is 0 Å². The van der Waals surface area contributed by atoms with E-state index in [1.165, 1.54) is 0 Å². The minimum Gasteiger partial charge on any atom is -0.378 e. The summed E-state index contributed by atoms with van der Waals surface area (Å²) in [5.74, 6) is 1.77. The van der Waals surface area contributed by atoms with E-state index < -0.39 is 0 Å². The lowest BCUT2D eigenvalue weighted by molar-refractivity contribution is 0.00628. The van der Waals surface area contributed by atoms with Gasteiger partial charge in [0.1, 0.15) is 17.1 Å². The highest BCUT2D eigenvalue weighted by Crippen LogP contribution is 2.35. The van der Waals surface area contributed by atoms with Gasteiger partial charge in [-0.1, -0.05) is 16.8 Å². The highest BCUT2D eigenvalue weighted by Gasteiger charge is 2.26. The first-order valence-corrected chi connectivity index (χ1v) is 9.95. The molecule has 5 rings (SSSR count). The van der Waals surface area contributed by atoms with E-state index in [1.54, 1.807) is 0 Å². The fourth-order valence-corrected chi connectivity index (χ4v) is 4.35. The monoisotopic (exact) mass is 396 g/mol. The molecule has 0 bridgehead atoms. The Balaban J connectivity index is 1.74. The van der Waals surface area contributed by atoms with Crippen LogP contribution in [-0.2, 0) is 11.2 Å². The van der Waals surface area contributed by atoms with Gasteiger partial charge in [-0.25, -0.2) is 4.98 Å². The van der Waals surface area contributed by atoms with Gasteiger partial charge in [0.25, 0.3) is 0 Å². The summed E-state index contributed by atoms with van der Waals surface area (Å²) in [6, 6.07) is 8.08. The number of imidazole rings is 1. The first-order valence-electron chi connectivity index (χ1n) is 9.57. The summed E-state index contributed by atoms with van der Waals surface area (Å²) in [6.45, 7) is 4.80. The molecule has 0 aliphatic carbocycles. The molecule has 1 aromatic carbocycles. The predicted molar refractivity (Wildman–Crippen MR) is 108 cm³/mol. The SMILES string of the molecule is Cc1cc(Cc2nc3cnc4ccc(Cl)cc4c3n2C2CCO[C@H](C)C2)on1. The van der Waals surface area contributed by atoms with Crippen molar-refractivity contribution in [3.63, 3.8) is 0 Å². The molecule has 0 amide bonds. The van der Waals surface area contributed by atoms with E-state index in [9.17, 15) is 0 Å². The molecule has 1 unspecified atom stereocenters. The Bertz CT molecular complexity index is 1170. The number of aryl methyl sites for hydroxylation is 1. The quantitative estimate of drug-likeness (QED) is 0.494. The van der Waals surface area contributed by atoms with Crippen molar-refractivity contribution in [1.82, 2.24) is 19.7 Å². The zero-order valence-corrected chi connectivity index (χ0v) is 16.6. The van der Waals surface area contributed by atoms with Crippen molar-refractivity contribution in [1.29, 1.82) is 0 Å². The number of halogens is 1. The van der Waals surface area contributed by atoms with Crippen molar-refractivity contribution < 1.29 is 9.26 Å². The summed E-state index contributed by atoms with van der Waals surface area (Å²) in [5, 5.41) is 5.74. The summed E-state index contributed by atoms with van der Waals surface area (Å²) in [5.41, 5.74) is 3.74. The third-order valence-corrected chi connectivity index (χ3v) is 5.62. The van der Waals surface area contributed by atoms with Crippen molar-refractivity contribution in [2.24, 2.45) is 0 Å². The van der Waals surface area contributed by atoms with Crippen molar-refractivity contribution >= 4 is 33.5 Å². The van der Waals surface area contributed by atoms with Crippen LogP contribution in [0.15, 0.2) is 35.0 Å². The van der Waals surface area contributed by atoms with Crippen LogP contribution in [0.25, 0.3) is 21.9 Å². The minimum absolute atomic E-state index is 0.216. The molecule has 3 aromatic heterocycles. The molecule has 28 heavy (non-hydrogen) atoms. The van der Waals surface area contributed by atoms with Gasteiger partial charge in [-0.05, 0) is 44.9 Å². The third kappa shape index (κ3) is 3.06. The Morgan fingerprint density at radius 2 is 2.14 bits per heavy atom. The second-order valence-electron chi connectivity index (χ2n) is 7.52. The fraction of sp³-hybridized carbons (Fsp3) is 0.381. The molecule has 0 N–H and O–H groups in total. The number of fused-ring (bicyclic) bond motifs is 3. The van der Waals surface area contributed by atoms with Gasteiger partial charge in [0, 0.05) is 29.1 Å². The Morgan fingerprint density at radius 3 is 2.93 bits per heavy atom. The molecule has 4 heterocycles. The third-order valence-electron chi connectivity index (χ3n) is 5.38. The second-order valence-corrected chi connectivity index (χ2v) is 7.96. The molecule has 4 aromatic rings. The van der Waals surface area contributed by atoms with E-state index in [2.05, 4.69) is 21.6 Å². The van der Waals surface area contributed by atoms with Gasteiger partial charge in [-0.15, -0.1) is 0 Å². The van der Waals surface area contributed by atoms with Crippen LogP contribution in [0.2, 0.25) is 5.02 Å². The van der Waals surface area contributed by atoms with Crippen molar-refractivity contribution in [2.45, 2.75) is 45.3 Å². The van der Waals surface area contributed by atoms with Gasteiger partial charge in [-0.3, -0.25) is 4.98 Å². The fourth-order valence-electron chi connectivity index (χ4n) is 4.18. The molecule has 6 nitrogen and oxygen atoms in total. The van der Waals surface area contributed by atoms with Crippen LogP contribution in [0.3, 0.4) is 0 Å². The van der Waals surface area contributed by atoms with Crippen LogP contribution >= 0.6 is 11.6 Å². The van der Waals surface area contributed by atoms with Gasteiger partial charge in [0.05, 0.1) is 35.4 Å². The molecule has 0 radical (unpaired) electrons. The van der Waals surface area contributed by atoms with E-state index in [1.807, 2.05) is 37.4 Å². The normalized spacial score (nSPS) is 20.2. The number of aromatic nitrogens is 4. The molecular formula is C21H21ClN4O2. The van der Waals surface area contributed by atoms with Crippen LogP contribution in [0.4, 0.5) is 0 Å². The molecule has 0 spiro atoms. The van der Waals surface area contributed by atoms with E-state index in [0.29, 0.717) is 17.5 Å². The lowest BCUT2D eigenvalue weighted by Gasteiger charge is -2.30. The van der Waals surface area contributed by atoms with Crippen molar-refractivity contribution in [2.75, 3.05) is 6.61 Å². The van der Waals surface area contributed by atoms with Crippen LogP contribution < -0.4 is 0 Å². The number of hydrogen-bond donors (Lipinski definition) is 0. The molecule has 1 aliphatic heterocycles. The largest absolute Gasteiger partial charge is 0.378 e. The summed E-state index contributed by atoms with van der Waals surface area (Å²) in [6.07, 6.45) is 4.54. The number of pyridine rings is 1. The van der Waals surface area contributed by atoms with Crippen molar-refractivity contribution in [3.8, 4) is 0 Å². The molecule has 2 atom stereocenters. The lowest BCUT2D eigenvalue weighted by Crippen LogP contribution is -2.26. The van der Waals surface area contributed by atoms with E-state index in [4.69, 9.17) is 25.8 Å². The first-order chi connectivity index (χ1) is 13.6. The maximum Gasteiger partial charge on any atom is 0.144 e. The van der Waals surface area contributed by atoms with Gasteiger partial charge < -0.3 is 13.8 Å². The summed E-state index contributed by atoms with van der Waals surface area (Å²) in [7, 11) is 0.